The zero-order valence-corrected chi connectivity index (χ0v) is 9.36. The number of nitrogens with two attached hydrogens (primary N) is 1. The molecular formula is C12H19NO2. The average Bonchev–Trinajstić information content (AvgIpc) is 2.16. The molecule has 1 rings (SSSR count). The lowest BCUT2D eigenvalue weighted by atomic mass is 10.1. The summed E-state index contributed by atoms with van der Waals surface area (Å²) in [7, 11) is 0. The summed E-state index contributed by atoms with van der Waals surface area (Å²) in [4.78, 5) is 0. The lowest BCUT2D eigenvalue weighted by Gasteiger charge is -2.17. The van der Waals surface area contributed by atoms with Crippen LogP contribution in [0.3, 0.4) is 0 Å². The Bertz CT molecular complexity index is 287. The molecule has 0 saturated heterocycles. The largest absolute Gasteiger partial charge is 0.491 e. The molecule has 1 aromatic rings. The minimum Gasteiger partial charge on any atom is -0.491 e. The van der Waals surface area contributed by atoms with Gasteiger partial charge in [-0.05, 0) is 44.5 Å². The predicted molar refractivity (Wildman–Crippen MR) is 61.0 cm³/mol. The number of aliphatic hydroxyl groups is 1. The topological polar surface area (TPSA) is 55.5 Å². The molecule has 3 heteroatoms. The smallest absolute Gasteiger partial charge is 0.119 e. The summed E-state index contributed by atoms with van der Waals surface area (Å²) in [6, 6.07) is 7.78. The van der Waals surface area contributed by atoms with Crippen LogP contribution in [0.1, 0.15) is 19.4 Å². The molecular weight excluding hydrogens is 190 g/mol. The second-order valence-corrected chi connectivity index (χ2v) is 4.28. The quantitative estimate of drug-likeness (QED) is 0.769. The highest BCUT2D eigenvalue weighted by molar-refractivity contribution is 5.27. The van der Waals surface area contributed by atoms with Gasteiger partial charge in [0.2, 0.25) is 0 Å². The Morgan fingerprint density at radius 2 is 1.87 bits per heavy atom. The van der Waals surface area contributed by atoms with E-state index in [1.54, 1.807) is 13.8 Å². The highest BCUT2D eigenvalue weighted by atomic mass is 16.5. The van der Waals surface area contributed by atoms with Crippen molar-refractivity contribution in [1.82, 2.24) is 0 Å². The molecule has 0 bridgehead atoms. The standard InChI is InChI=1S/C12H19NO2/c1-12(2,14)9-15-11-5-3-10(4-6-11)7-8-13/h3-6,14H,7-9,13H2,1-2H3. The van der Waals surface area contributed by atoms with Crippen molar-refractivity contribution in [2.75, 3.05) is 13.2 Å². The summed E-state index contributed by atoms with van der Waals surface area (Å²) in [5.74, 6) is 0.776. The molecule has 0 radical (unpaired) electrons. The average molecular weight is 209 g/mol. The Morgan fingerprint density at radius 3 is 2.33 bits per heavy atom. The van der Waals surface area contributed by atoms with Gasteiger partial charge in [0, 0.05) is 0 Å². The van der Waals surface area contributed by atoms with Gasteiger partial charge in [0.15, 0.2) is 0 Å². The second-order valence-electron chi connectivity index (χ2n) is 4.28. The van der Waals surface area contributed by atoms with Gasteiger partial charge in [-0.2, -0.15) is 0 Å². The SMILES string of the molecule is CC(C)(O)COc1ccc(CCN)cc1. The fourth-order valence-electron chi connectivity index (χ4n) is 1.18. The molecule has 0 amide bonds. The molecule has 0 aliphatic carbocycles. The third-order valence-corrected chi connectivity index (χ3v) is 1.95. The van der Waals surface area contributed by atoms with E-state index in [9.17, 15) is 5.11 Å². The Hall–Kier alpha value is -1.06. The molecule has 3 nitrogen and oxygen atoms in total. The van der Waals surface area contributed by atoms with E-state index in [2.05, 4.69) is 0 Å². The maximum absolute atomic E-state index is 9.48. The fraction of sp³-hybridized carbons (Fsp3) is 0.500. The van der Waals surface area contributed by atoms with Crippen LogP contribution in [0.15, 0.2) is 24.3 Å². The minimum absolute atomic E-state index is 0.295. The monoisotopic (exact) mass is 209 g/mol. The first kappa shape index (κ1) is 12.0. The van der Waals surface area contributed by atoms with Crippen LogP contribution in [0.2, 0.25) is 0 Å². The van der Waals surface area contributed by atoms with Crippen LogP contribution in [-0.2, 0) is 6.42 Å². The van der Waals surface area contributed by atoms with E-state index >= 15 is 0 Å². The molecule has 0 atom stereocenters. The summed E-state index contributed by atoms with van der Waals surface area (Å²) >= 11 is 0. The van der Waals surface area contributed by atoms with E-state index < -0.39 is 5.60 Å². The van der Waals surface area contributed by atoms with Gasteiger partial charge in [-0.15, -0.1) is 0 Å². The first-order valence-electron chi connectivity index (χ1n) is 5.15. The van der Waals surface area contributed by atoms with Crippen LogP contribution in [0.5, 0.6) is 5.75 Å². The van der Waals surface area contributed by atoms with Crippen LogP contribution in [0, 0.1) is 0 Å². The number of ether oxygens (including phenoxy) is 1. The highest BCUT2D eigenvalue weighted by Crippen LogP contribution is 2.14. The van der Waals surface area contributed by atoms with Gasteiger partial charge in [0.1, 0.15) is 12.4 Å². The maximum Gasteiger partial charge on any atom is 0.119 e. The molecule has 0 aliphatic heterocycles. The minimum atomic E-state index is -0.796. The first-order chi connectivity index (χ1) is 7.01. The molecule has 0 spiro atoms. The second kappa shape index (κ2) is 5.14. The summed E-state index contributed by atoms with van der Waals surface area (Å²) in [6.07, 6.45) is 0.881. The predicted octanol–water partition coefficient (Wildman–Crippen LogP) is 1.34. The van der Waals surface area contributed by atoms with E-state index in [1.165, 1.54) is 5.56 Å². The third kappa shape index (κ3) is 4.81. The van der Waals surface area contributed by atoms with E-state index in [0.29, 0.717) is 13.2 Å². The molecule has 15 heavy (non-hydrogen) atoms. The fourth-order valence-corrected chi connectivity index (χ4v) is 1.18. The van der Waals surface area contributed by atoms with Crippen LogP contribution in [0.4, 0.5) is 0 Å². The van der Waals surface area contributed by atoms with E-state index in [1.807, 2.05) is 24.3 Å². The van der Waals surface area contributed by atoms with Gasteiger partial charge < -0.3 is 15.6 Å². The molecule has 0 unspecified atom stereocenters. The van der Waals surface area contributed by atoms with Crippen LogP contribution < -0.4 is 10.5 Å². The molecule has 3 N–H and O–H groups in total. The summed E-state index contributed by atoms with van der Waals surface area (Å²) in [6.45, 7) is 4.39. The van der Waals surface area contributed by atoms with Crippen molar-refractivity contribution < 1.29 is 9.84 Å². The van der Waals surface area contributed by atoms with Crippen molar-refractivity contribution in [3.8, 4) is 5.75 Å². The number of hydrogen-bond acceptors (Lipinski definition) is 3. The molecule has 0 fully saturated rings. The Kier molecular flexibility index (Phi) is 4.12. The number of rotatable bonds is 5. The van der Waals surface area contributed by atoms with Crippen molar-refractivity contribution in [3.63, 3.8) is 0 Å². The van der Waals surface area contributed by atoms with Crippen LogP contribution >= 0.6 is 0 Å². The van der Waals surface area contributed by atoms with Gasteiger partial charge in [0.25, 0.3) is 0 Å². The lowest BCUT2D eigenvalue weighted by Crippen LogP contribution is -2.27. The molecule has 84 valence electrons. The first-order valence-corrected chi connectivity index (χ1v) is 5.15. The van der Waals surface area contributed by atoms with Crippen LogP contribution in [-0.4, -0.2) is 23.9 Å². The van der Waals surface area contributed by atoms with Gasteiger partial charge in [-0.25, -0.2) is 0 Å². The molecule has 0 aliphatic rings. The molecule has 1 aromatic carbocycles. The van der Waals surface area contributed by atoms with Crippen molar-refractivity contribution in [2.45, 2.75) is 25.9 Å². The normalized spacial score (nSPS) is 11.5. The zero-order chi connectivity index (χ0) is 11.3. The lowest BCUT2D eigenvalue weighted by molar-refractivity contribution is 0.0285. The van der Waals surface area contributed by atoms with E-state index in [4.69, 9.17) is 10.5 Å². The third-order valence-electron chi connectivity index (χ3n) is 1.95. The summed E-state index contributed by atoms with van der Waals surface area (Å²) in [5, 5.41) is 9.48. The molecule has 0 heterocycles. The Balaban J connectivity index is 2.50. The Labute approximate surface area is 90.9 Å². The van der Waals surface area contributed by atoms with Crippen molar-refractivity contribution in [3.05, 3.63) is 29.8 Å². The van der Waals surface area contributed by atoms with Crippen molar-refractivity contribution in [2.24, 2.45) is 5.73 Å². The van der Waals surface area contributed by atoms with Crippen molar-refractivity contribution >= 4 is 0 Å². The van der Waals surface area contributed by atoms with Gasteiger partial charge in [0.05, 0.1) is 5.60 Å². The van der Waals surface area contributed by atoms with Crippen molar-refractivity contribution in [1.29, 1.82) is 0 Å². The van der Waals surface area contributed by atoms with Crippen LogP contribution in [0.25, 0.3) is 0 Å². The van der Waals surface area contributed by atoms with Gasteiger partial charge >= 0.3 is 0 Å². The van der Waals surface area contributed by atoms with Gasteiger partial charge in [-0.3, -0.25) is 0 Å². The highest BCUT2D eigenvalue weighted by Gasteiger charge is 2.12. The molecule has 0 saturated carbocycles. The van der Waals surface area contributed by atoms with E-state index in [-0.39, 0.29) is 0 Å². The summed E-state index contributed by atoms with van der Waals surface area (Å²) < 4.78 is 5.42. The molecule has 0 aromatic heterocycles. The maximum atomic E-state index is 9.48. The summed E-state index contributed by atoms with van der Waals surface area (Å²) in [5.41, 5.74) is 5.86. The van der Waals surface area contributed by atoms with E-state index in [0.717, 1.165) is 12.2 Å². The van der Waals surface area contributed by atoms with Gasteiger partial charge in [-0.1, -0.05) is 12.1 Å². The number of benzene rings is 1. The Morgan fingerprint density at radius 1 is 1.27 bits per heavy atom. The zero-order valence-electron chi connectivity index (χ0n) is 9.36. The number of hydrogen-bond donors (Lipinski definition) is 2.